The minimum Gasteiger partial charge on any atom is -0.372 e. The first-order chi connectivity index (χ1) is 9.16. The van der Waals surface area contributed by atoms with Crippen molar-refractivity contribution in [3.05, 3.63) is 69.2 Å². The van der Waals surface area contributed by atoms with Crippen molar-refractivity contribution in [2.24, 2.45) is 0 Å². The maximum absolute atomic E-state index is 12.5. The van der Waals surface area contributed by atoms with E-state index in [1.54, 1.807) is 6.07 Å². The van der Waals surface area contributed by atoms with Crippen LogP contribution in [0, 0.1) is 6.92 Å². The van der Waals surface area contributed by atoms with Crippen LogP contribution in [-0.4, -0.2) is 5.78 Å². The molecule has 2 nitrogen and oxygen atoms in total. The van der Waals surface area contributed by atoms with Gasteiger partial charge in [0.25, 0.3) is 0 Å². The summed E-state index contributed by atoms with van der Waals surface area (Å²) in [5.74, 6) is -0.0385. The molecule has 96 valence electrons. The fourth-order valence-corrected chi connectivity index (χ4v) is 2.50. The maximum Gasteiger partial charge on any atom is 0.194 e. The van der Waals surface area contributed by atoms with Crippen LogP contribution in [-0.2, 0) is 18.0 Å². The summed E-state index contributed by atoms with van der Waals surface area (Å²) in [7, 11) is 0. The SMILES string of the molecule is Cc1cccc(C(=O)c2ccc3c(c2)COC3)c1Cl. The van der Waals surface area contributed by atoms with Crippen LogP contribution in [0.3, 0.4) is 0 Å². The quantitative estimate of drug-likeness (QED) is 0.775. The fourth-order valence-electron chi connectivity index (χ4n) is 2.29. The summed E-state index contributed by atoms with van der Waals surface area (Å²) in [5, 5.41) is 0.532. The van der Waals surface area contributed by atoms with Crippen LogP contribution < -0.4 is 0 Å². The van der Waals surface area contributed by atoms with Crippen molar-refractivity contribution in [2.75, 3.05) is 0 Å². The van der Waals surface area contributed by atoms with E-state index in [2.05, 4.69) is 0 Å². The number of hydrogen-bond acceptors (Lipinski definition) is 2. The highest BCUT2D eigenvalue weighted by molar-refractivity contribution is 6.35. The van der Waals surface area contributed by atoms with Gasteiger partial charge in [0.15, 0.2) is 5.78 Å². The second-order valence-corrected chi connectivity index (χ2v) is 5.12. The molecule has 0 atom stereocenters. The van der Waals surface area contributed by atoms with Crippen molar-refractivity contribution in [2.45, 2.75) is 20.1 Å². The lowest BCUT2D eigenvalue weighted by Crippen LogP contribution is -2.03. The van der Waals surface area contributed by atoms with Crippen molar-refractivity contribution in [3.8, 4) is 0 Å². The number of carbonyl (C=O) groups is 1. The summed E-state index contributed by atoms with van der Waals surface area (Å²) in [6, 6.07) is 11.2. The normalized spacial score (nSPS) is 13.4. The summed E-state index contributed by atoms with van der Waals surface area (Å²) >= 11 is 6.21. The van der Waals surface area contributed by atoms with E-state index < -0.39 is 0 Å². The van der Waals surface area contributed by atoms with E-state index in [9.17, 15) is 4.79 Å². The van der Waals surface area contributed by atoms with Crippen molar-refractivity contribution in [1.29, 1.82) is 0 Å². The van der Waals surface area contributed by atoms with Gasteiger partial charge in [-0.1, -0.05) is 35.9 Å². The maximum atomic E-state index is 12.5. The van der Waals surface area contributed by atoms with Crippen LogP contribution in [0.1, 0.15) is 32.6 Å². The number of carbonyl (C=O) groups excluding carboxylic acids is 1. The molecule has 0 radical (unpaired) electrons. The van der Waals surface area contributed by atoms with E-state index in [4.69, 9.17) is 16.3 Å². The Morgan fingerprint density at radius 3 is 2.79 bits per heavy atom. The number of fused-ring (bicyclic) bond motifs is 1. The zero-order chi connectivity index (χ0) is 13.4. The van der Waals surface area contributed by atoms with Crippen LogP contribution in [0.5, 0.6) is 0 Å². The Bertz CT molecular complexity index is 662. The number of hydrogen-bond donors (Lipinski definition) is 0. The minimum absolute atomic E-state index is 0.0385. The van der Waals surface area contributed by atoms with Gasteiger partial charge >= 0.3 is 0 Å². The predicted octanol–water partition coefficient (Wildman–Crippen LogP) is 3.91. The second kappa shape index (κ2) is 4.80. The van der Waals surface area contributed by atoms with E-state index in [0.717, 1.165) is 16.7 Å². The molecular weight excluding hydrogens is 260 g/mol. The van der Waals surface area contributed by atoms with Crippen LogP contribution in [0.15, 0.2) is 36.4 Å². The van der Waals surface area contributed by atoms with Gasteiger partial charge in [-0.2, -0.15) is 0 Å². The van der Waals surface area contributed by atoms with E-state index in [-0.39, 0.29) is 5.78 Å². The standard InChI is InChI=1S/C16H13ClO2/c1-10-3-2-4-14(15(10)17)16(18)11-5-6-12-8-19-9-13(12)7-11/h2-7H,8-9H2,1H3. The summed E-state index contributed by atoms with van der Waals surface area (Å²) in [6.45, 7) is 3.11. The average molecular weight is 273 g/mol. The zero-order valence-corrected chi connectivity index (χ0v) is 11.3. The Morgan fingerprint density at radius 1 is 1.16 bits per heavy atom. The monoisotopic (exact) mass is 272 g/mol. The molecule has 0 fully saturated rings. The Hall–Kier alpha value is -1.64. The Kier molecular flexibility index (Phi) is 3.13. The van der Waals surface area contributed by atoms with Gasteiger partial charge in [-0.25, -0.2) is 0 Å². The largest absolute Gasteiger partial charge is 0.372 e. The molecule has 0 saturated carbocycles. The van der Waals surface area contributed by atoms with Crippen molar-refractivity contribution in [1.82, 2.24) is 0 Å². The Balaban J connectivity index is 2.02. The Morgan fingerprint density at radius 2 is 1.95 bits per heavy atom. The fraction of sp³-hybridized carbons (Fsp3) is 0.188. The molecule has 1 aliphatic rings. The lowest BCUT2D eigenvalue weighted by molar-refractivity contribution is 0.103. The first kappa shape index (κ1) is 12.4. The highest BCUT2D eigenvalue weighted by atomic mass is 35.5. The third-order valence-electron chi connectivity index (χ3n) is 3.42. The van der Waals surface area contributed by atoms with Crippen LogP contribution >= 0.6 is 11.6 Å². The molecule has 3 heteroatoms. The predicted molar refractivity (Wildman–Crippen MR) is 74.6 cm³/mol. The minimum atomic E-state index is -0.0385. The number of benzene rings is 2. The van der Waals surface area contributed by atoms with Crippen molar-refractivity contribution >= 4 is 17.4 Å². The highest BCUT2D eigenvalue weighted by Crippen LogP contribution is 2.26. The molecule has 19 heavy (non-hydrogen) atoms. The molecule has 0 saturated heterocycles. The zero-order valence-electron chi connectivity index (χ0n) is 10.6. The molecular formula is C16H13ClO2. The molecule has 1 heterocycles. The van der Waals surface area contributed by atoms with Crippen LogP contribution in [0.4, 0.5) is 0 Å². The van der Waals surface area contributed by atoms with Crippen LogP contribution in [0.2, 0.25) is 5.02 Å². The molecule has 3 rings (SSSR count). The van der Waals surface area contributed by atoms with E-state index in [1.807, 2.05) is 37.3 Å². The topological polar surface area (TPSA) is 26.3 Å². The smallest absolute Gasteiger partial charge is 0.194 e. The van der Waals surface area contributed by atoms with E-state index in [0.29, 0.717) is 29.4 Å². The van der Waals surface area contributed by atoms with Gasteiger partial charge in [0.05, 0.1) is 18.2 Å². The third-order valence-corrected chi connectivity index (χ3v) is 3.92. The lowest BCUT2D eigenvalue weighted by atomic mass is 9.98. The third kappa shape index (κ3) is 2.18. The summed E-state index contributed by atoms with van der Waals surface area (Å²) in [4.78, 5) is 12.5. The van der Waals surface area contributed by atoms with Crippen molar-refractivity contribution in [3.63, 3.8) is 0 Å². The highest BCUT2D eigenvalue weighted by Gasteiger charge is 2.17. The molecule has 1 aliphatic heterocycles. The van der Waals surface area contributed by atoms with Gasteiger partial charge < -0.3 is 4.74 Å². The van der Waals surface area contributed by atoms with Gasteiger partial charge in [-0.05, 0) is 35.7 Å². The number of rotatable bonds is 2. The number of aryl methyl sites for hydroxylation is 1. The molecule has 0 aliphatic carbocycles. The summed E-state index contributed by atoms with van der Waals surface area (Å²) in [6.07, 6.45) is 0. The van der Waals surface area contributed by atoms with E-state index in [1.165, 1.54) is 0 Å². The van der Waals surface area contributed by atoms with Gasteiger partial charge in [0.2, 0.25) is 0 Å². The molecule has 0 aromatic heterocycles. The van der Waals surface area contributed by atoms with Crippen LogP contribution in [0.25, 0.3) is 0 Å². The first-order valence-electron chi connectivity index (χ1n) is 6.16. The molecule has 0 N–H and O–H groups in total. The van der Waals surface area contributed by atoms with Gasteiger partial charge in [0, 0.05) is 11.1 Å². The summed E-state index contributed by atoms with van der Waals surface area (Å²) in [5.41, 5.74) is 4.39. The Labute approximate surface area is 117 Å². The number of ether oxygens (including phenoxy) is 1. The van der Waals surface area contributed by atoms with E-state index >= 15 is 0 Å². The lowest BCUT2D eigenvalue weighted by Gasteiger charge is -2.07. The number of ketones is 1. The summed E-state index contributed by atoms with van der Waals surface area (Å²) < 4.78 is 5.36. The average Bonchev–Trinajstić information content (AvgIpc) is 2.88. The molecule has 0 spiro atoms. The molecule has 0 amide bonds. The van der Waals surface area contributed by atoms with Gasteiger partial charge in [0.1, 0.15) is 0 Å². The molecule has 0 bridgehead atoms. The number of halogens is 1. The van der Waals surface area contributed by atoms with Crippen molar-refractivity contribution < 1.29 is 9.53 Å². The molecule has 2 aromatic rings. The van der Waals surface area contributed by atoms with Gasteiger partial charge in [-0.15, -0.1) is 0 Å². The first-order valence-corrected chi connectivity index (χ1v) is 6.54. The van der Waals surface area contributed by atoms with Gasteiger partial charge in [-0.3, -0.25) is 4.79 Å². The molecule has 2 aromatic carbocycles. The second-order valence-electron chi connectivity index (χ2n) is 4.74. The molecule has 0 unspecified atom stereocenters.